The molecule has 0 bridgehead atoms. The Hall–Kier alpha value is -2.46. The second-order valence-corrected chi connectivity index (χ2v) is 29.9. The van der Waals surface area contributed by atoms with Crippen molar-refractivity contribution in [3.8, 4) is 0 Å². The minimum atomic E-state index is -4.96. The van der Waals surface area contributed by atoms with Gasteiger partial charge >= 0.3 is 39.5 Å². The Kier molecular flexibility index (Phi) is 63.7. The first kappa shape index (κ1) is 90.5. The summed E-state index contributed by atoms with van der Waals surface area (Å²) >= 11 is 0. The molecule has 0 aromatic heterocycles. The largest absolute Gasteiger partial charge is 0.472 e. The Bertz CT molecular complexity index is 1900. The van der Waals surface area contributed by atoms with E-state index in [0.717, 1.165) is 121 Å². The van der Waals surface area contributed by atoms with Crippen LogP contribution in [0.4, 0.5) is 0 Å². The number of carbonyl (C=O) groups is 4. The highest BCUT2D eigenvalue weighted by Crippen LogP contribution is 2.45. The second-order valence-electron chi connectivity index (χ2n) is 27.0. The van der Waals surface area contributed by atoms with Crippen molar-refractivity contribution in [3.63, 3.8) is 0 Å². The van der Waals surface area contributed by atoms with Gasteiger partial charge in [-0.25, -0.2) is 9.13 Å². The molecule has 0 amide bonds. The Morgan fingerprint density at radius 2 is 0.581 bits per heavy atom. The first-order valence-electron chi connectivity index (χ1n) is 37.8. The van der Waals surface area contributed by atoms with Gasteiger partial charge in [-0.3, -0.25) is 37.3 Å². The van der Waals surface area contributed by atoms with Crippen LogP contribution < -0.4 is 0 Å². The van der Waals surface area contributed by atoms with Crippen molar-refractivity contribution in [2.45, 2.75) is 374 Å². The number of ether oxygens (including phenoxy) is 4. The smallest absolute Gasteiger partial charge is 0.462 e. The fraction of sp³-hybridized carbons (Fsp3) is 0.892. The standard InChI is InChI=1S/C74H140O17P2/c1-7-9-11-13-15-17-19-20-21-24-27-33-39-45-51-57-72(77)85-63-69(90-73(78)58-52-46-40-34-28-25-22-23-26-30-36-42-48-54-66(3)4)64-88-92(80,81)86-60-68(75)61-87-93(82,83)89-65-70(62-84-71(76)56-50-44-38-32-18-16-14-12-10-8-2)91-74(79)59-53-47-41-35-29-31-37-43-49-55-67(5)6/h17,19-21,66-70,75H,7-16,18,22-65H2,1-6H3,(H,80,81)(H,82,83)/b19-17-,21-20-/t68-,69-,70-/m1/s1. The topological polar surface area (TPSA) is 237 Å². The van der Waals surface area contributed by atoms with Crippen LogP contribution in [0.2, 0.25) is 0 Å². The van der Waals surface area contributed by atoms with E-state index in [1.54, 1.807) is 0 Å². The average Bonchev–Trinajstić information content (AvgIpc) is 2.34. The van der Waals surface area contributed by atoms with Crippen molar-refractivity contribution in [3.05, 3.63) is 24.3 Å². The molecule has 3 N–H and O–H groups in total. The van der Waals surface area contributed by atoms with Crippen LogP contribution in [0.5, 0.6) is 0 Å². The number of hydrogen-bond acceptors (Lipinski definition) is 15. The molecule has 548 valence electrons. The van der Waals surface area contributed by atoms with Crippen molar-refractivity contribution in [1.29, 1.82) is 0 Å². The predicted molar refractivity (Wildman–Crippen MR) is 377 cm³/mol. The number of esters is 4. The van der Waals surface area contributed by atoms with Gasteiger partial charge in [-0.2, -0.15) is 0 Å². The zero-order valence-electron chi connectivity index (χ0n) is 60.0. The maximum atomic E-state index is 13.1. The predicted octanol–water partition coefficient (Wildman–Crippen LogP) is 21.1. The molecule has 0 spiro atoms. The molecule has 0 aliphatic heterocycles. The number of allylic oxidation sites excluding steroid dienone is 4. The Balaban J connectivity index is 5.28. The van der Waals surface area contributed by atoms with Gasteiger partial charge in [0, 0.05) is 25.7 Å². The zero-order valence-corrected chi connectivity index (χ0v) is 61.8. The summed E-state index contributed by atoms with van der Waals surface area (Å²) in [6, 6.07) is 0. The Morgan fingerprint density at radius 1 is 0.333 bits per heavy atom. The minimum absolute atomic E-state index is 0.100. The number of phosphoric acid groups is 2. The van der Waals surface area contributed by atoms with Crippen molar-refractivity contribution in [2.75, 3.05) is 39.6 Å². The molecule has 0 radical (unpaired) electrons. The summed E-state index contributed by atoms with van der Waals surface area (Å²) in [6.07, 6.45) is 54.8. The monoisotopic (exact) mass is 1360 g/mol. The fourth-order valence-electron chi connectivity index (χ4n) is 10.8. The number of carbonyl (C=O) groups excluding carboxylic acids is 4. The van der Waals surface area contributed by atoms with Crippen LogP contribution in [-0.2, 0) is 65.4 Å². The first-order chi connectivity index (χ1) is 44.9. The number of unbranched alkanes of at least 4 members (excludes halogenated alkanes) is 38. The molecule has 0 aliphatic carbocycles. The molecule has 0 heterocycles. The average molecular weight is 1360 g/mol. The maximum Gasteiger partial charge on any atom is 0.472 e. The Morgan fingerprint density at radius 3 is 0.882 bits per heavy atom. The van der Waals surface area contributed by atoms with Crippen LogP contribution in [0.15, 0.2) is 24.3 Å². The van der Waals surface area contributed by atoms with E-state index < -0.39 is 97.5 Å². The third kappa shape index (κ3) is 67.9. The van der Waals surface area contributed by atoms with E-state index >= 15 is 0 Å². The van der Waals surface area contributed by atoms with Crippen LogP contribution in [-0.4, -0.2) is 96.7 Å². The van der Waals surface area contributed by atoms with Crippen LogP contribution >= 0.6 is 15.6 Å². The van der Waals surface area contributed by atoms with Gasteiger partial charge < -0.3 is 33.8 Å². The molecule has 0 aliphatic rings. The molecule has 0 saturated heterocycles. The summed E-state index contributed by atoms with van der Waals surface area (Å²) in [5.74, 6) is -0.630. The van der Waals surface area contributed by atoms with E-state index in [-0.39, 0.29) is 25.7 Å². The number of phosphoric ester groups is 2. The van der Waals surface area contributed by atoms with Crippen LogP contribution in [0.25, 0.3) is 0 Å². The van der Waals surface area contributed by atoms with E-state index in [2.05, 4.69) is 65.8 Å². The molecule has 0 rings (SSSR count). The highest BCUT2D eigenvalue weighted by Gasteiger charge is 2.30. The highest BCUT2D eigenvalue weighted by atomic mass is 31.2. The SMILES string of the molecule is CCCCCC/C=C\C=C/CCCCCCCC(=O)OC[C@H](COP(=O)(O)OC[C@@H](O)COP(=O)(O)OC[C@@H](COC(=O)CCCCCCCCCCCC)OC(=O)CCCCCCCCCCCC(C)C)OC(=O)CCCCCCCCCCCCCCCC(C)C. The molecule has 0 aromatic rings. The highest BCUT2D eigenvalue weighted by molar-refractivity contribution is 7.47. The van der Waals surface area contributed by atoms with E-state index in [0.29, 0.717) is 25.7 Å². The minimum Gasteiger partial charge on any atom is -0.462 e. The van der Waals surface area contributed by atoms with Crippen molar-refractivity contribution >= 4 is 39.5 Å². The molecule has 2 unspecified atom stereocenters. The fourth-order valence-corrected chi connectivity index (χ4v) is 12.3. The number of aliphatic hydroxyl groups excluding tert-OH is 1. The second kappa shape index (κ2) is 65.5. The molecule has 19 heteroatoms. The van der Waals surface area contributed by atoms with Gasteiger partial charge in [0.05, 0.1) is 26.4 Å². The molecule has 5 atom stereocenters. The number of rotatable bonds is 71. The van der Waals surface area contributed by atoms with Crippen LogP contribution in [0, 0.1) is 11.8 Å². The van der Waals surface area contributed by atoms with E-state index in [4.69, 9.17) is 37.0 Å². The molecule has 93 heavy (non-hydrogen) atoms. The van der Waals surface area contributed by atoms with E-state index in [9.17, 15) is 43.2 Å². The first-order valence-corrected chi connectivity index (χ1v) is 40.8. The lowest BCUT2D eigenvalue weighted by atomic mass is 10.0. The summed E-state index contributed by atoms with van der Waals surface area (Å²) in [5, 5.41) is 10.6. The normalized spacial score (nSPS) is 14.2. The lowest BCUT2D eigenvalue weighted by Gasteiger charge is -2.21. The number of aliphatic hydroxyl groups is 1. The third-order valence-corrected chi connectivity index (χ3v) is 18.5. The molecule has 0 aromatic carbocycles. The van der Waals surface area contributed by atoms with E-state index in [1.807, 2.05) is 0 Å². The summed E-state index contributed by atoms with van der Waals surface area (Å²) in [6.45, 7) is 9.49. The van der Waals surface area contributed by atoms with Gasteiger partial charge in [0.25, 0.3) is 0 Å². The molecule has 0 fully saturated rings. The molecular formula is C74H140O17P2. The molecule has 0 saturated carbocycles. The lowest BCUT2D eigenvalue weighted by molar-refractivity contribution is -0.161. The molecule has 17 nitrogen and oxygen atoms in total. The molecular weight excluding hydrogens is 1220 g/mol. The van der Waals surface area contributed by atoms with Gasteiger partial charge in [0.15, 0.2) is 12.2 Å². The summed E-state index contributed by atoms with van der Waals surface area (Å²) in [4.78, 5) is 72.7. The summed E-state index contributed by atoms with van der Waals surface area (Å²) < 4.78 is 68.4. The third-order valence-electron chi connectivity index (χ3n) is 16.6. The van der Waals surface area contributed by atoms with Gasteiger partial charge in [-0.1, -0.05) is 303 Å². The lowest BCUT2D eigenvalue weighted by Crippen LogP contribution is -2.30. The maximum absolute atomic E-state index is 13.1. The van der Waals surface area contributed by atoms with Crippen molar-refractivity contribution in [2.24, 2.45) is 11.8 Å². The van der Waals surface area contributed by atoms with Crippen LogP contribution in [0.1, 0.15) is 356 Å². The van der Waals surface area contributed by atoms with Gasteiger partial charge in [0.1, 0.15) is 19.3 Å². The zero-order chi connectivity index (χ0) is 68.6. The van der Waals surface area contributed by atoms with Crippen molar-refractivity contribution < 1.29 is 80.2 Å². The number of hydrogen-bond donors (Lipinski definition) is 3. The van der Waals surface area contributed by atoms with Crippen LogP contribution in [0.3, 0.4) is 0 Å². The van der Waals surface area contributed by atoms with Crippen molar-refractivity contribution in [1.82, 2.24) is 0 Å². The van der Waals surface area contributed by atoms with E-state index in [1.165, 1.54) is 154 Å². The van der Waals surface area contributed by atoms with Gasteiger partial charge in [-0.15, -0.1) is 0 Å². The van der Waals surface area contributed by atoms with Gasteiger partial charge in [0.2, 0.25) is 0 Å². The summed E-state index contributed by atoms with van der Waals surface area (Å²) in [5.41, 5.74) is 0. The Labute approximate surface area is 567 Å². The quantitative estimate of drug-likeness (QED) is 0.0169. The van der Waals surface area contributed by atoms with Gasteiger partial charge in [-0.05, 0) is 63.2 Å². The summed E-state index contributed by atoms with van der Waals surface area (Å²) in [7, 11) is -9.92.